The topological polar surface area (TPSA) is 89.8 Å². The van der Waals surface area contributed by atoms with Crippen LogP contribution in [0.25, 0.3) is 10.9 Å². The van der Waals surface area contributed by atoms with Gasteiger partial charge in [-0.3, -0.25) is 0 Å². The smallest absolute Gasteiger partial charge is 0.268 e. The third-order valence-corrected chi connectivity index (χ3v) is 8.65. The molecule has 0 saturated carbocycles. The molecule has 2 N–H and O–H groups in total. The second-order valence-electron chi connectivity index (χ2n) is 9.57. The Morgan fingerprint density at radius 3 is 2.68 bits per heavy atom. The number of hydrogen-bond donors (Lipinski definition) is 2. The number of rotatable bonds is 9. The Kier molecular flexibility index (Phi) is 7.24. The van der Waals surface area contributed by atoms with Gasteiger partial charge in [-0.15, -0.1) is 0 Å². The molecule has 37 heavy (non-hydrogen) atoms. The van der Waals surface area contributed by atoms with Gasteiger partial charge in [-0.25, -0.2) is 12.4 Å². The van der Waals surface area contributed by atoms with Crippen molar-refractivity contribution < 1.29 is 23.0 Å². The van der Waals surface area contributed by atoms with Gasteiger partial charge in [0.15, 0.2) is 0 Å². The summed E-state index contributed by atoms with van der Waals surface area (Å²) in [4.78, 5) is 0.229. The van der Waals surface area contributed by atoms with Gasteiger partial charge in [0, 0.05) is 24.2 Å². The predicted molar refractivity (Wildman–Crippen MR) is 144 cm³/mol. The van der Waals surface area contributed by atoms with Crippen molar-refractivity contribution in [1.29, 1.82) is 0 Å². The van der Waals surface area contributed by atoms with Gasteiger partial charge in [0.05, 0.1) is 17.5 Å². The van der Waals surface area contributed by atoms with Crippen molar-refractivity contribution >= 4 is 20.9 Å². The second kappa shape index (κ2) is 10.6. The van der Waals surface area contributed by atoms with Gasteiger partial charge < -0.3 is 19.9 Å². The van der Waals surface area contributed by atoms with Crippen molar-refractivity contribution in [3.05, 3.63) is 89.6 Å². The van der Waals surface area contributed by atoms with Crippen molar-refractivity contribution in [2.24, 2.45) is 0 Å². The fraction of sp³-hybridized carbons (Fsp3) is 0.310. The van der Waals surface area contributed by atoms with Crippen LogP contribution in [-0.4, -0.2) is 49.9 Å². The molecular weight excluding hydrogens is 488 g/mol. The number of nitrogens with zero attached hydrogens (tertiary/aromatic N) is 1. The first kappa shape index (κ1) is 25.3. The van der Waals surface area contributed by atoms with Crippen LogP contribution in [0, 0.1) is 6.92 Å². The number of methoxy groups -OCH3 is 1. The largest absolute Gasteiger partial charge is 0.497 e. The molecule has 2 unspecified atom stereocenters. The lowest BCUT2D eigenvalue weighted by atomic mass is 9.88. The van der Waals surface area contributed by atoms with E-state index >= 15 is 0 Å². The summed E-state index contributed by atoms with van der Waals surface area (Å²) in [5.74, 6) is 1.40. The molecule has 0 spiro atoms. The van der Waals surface area contributed by atoms with Crippen LogP contribution < -0.4 is 14.8 Å². The number of fused-ring (bicyclic) bond motifs is 2. The van der Waals surface area contributed by atoms with Gasteiger partial charge >= 0.3 is 0 Å². The summed E-state index contributed by atoms with van der Waals surface area (Å²) >= 11 is 0. The molecule has 4 aromatic rings. The predicted octanol–water partition coefficient (Wildman–Crippen LogP) is 4.08. The number of nitrogens with one attached hydrogen (secondary N) is 1. The lowest BCUT2D eigenvalue weighted by Gasteiger charge is -2.27. The molecule has 0 amide bonds. The minimum Gasteiger partial charge on any atom is -0.497 e. The van der Waals surface area contributed by atoms with Crippen LogP contribution in [0.15, 0.2) is 77.8 Å². The maximum Gasteiger partial charge on any atom is 0.268 e. The zero-order valence-electron chi connectivity index (χ0n) is 21.1. The molecule has 0 bridgehead atoms. The lowest BCUT2D eigenvalue weighted by molar-refractivity contribution is 0.104. The fourth-order valence-corrected chi connectivity index (χ4v) is 6.20. The molecule has 3 aromatic carbocycles. The third-order valence-electron chi connectivity index (χ3n) is 6.95. The Labute approximate surface area is 217 Å². The Morgan fingerprint density at radius 2 is 1.89 bits per heavy atom. The summed E-state index contributed by atoms with van der Waals surface area (Å²) in [7, 11) is -2.06. The first-order valence-corrected chi connectivity index (χ1v) is 13.9. The van der Waals surface area contributed by atoms with Gasteiger partial charge in [-0.1, -0.05) is 29.8 Å². The van der Waals surface area contributed by atoms with Crippen LogP contribution in [0.5, 0.6) is 11.5 Å². The van der Waals surface area contributed by atoms with Crippen LogP contribution in [0.1, 0.15) is 23.1 Å². The van der Waals surface area contributed by atoms with E-state index in [4.69, 9.17) is 9.47 Å². The van der Waals surface area contributed by atoms with E-state index in [1.54, 1.807) is 61.8 Å². The average molecular weight is 521 g/mol. The van der Waals surface area contributed by atoms with Gasteiger partial charge in [0.2, 0.25) is 0 Å². The summed E-state index contributed by atoms with van der Waals surface area (Å²) in [5, 5.41) is 14.7. The highest BCUT2D eigenvalue weighted by Crippen LogP contribution is 2.30. The van der Waals surface area contributed by atoms with E-state index in [2.05, 4.69) is 17.4 Å². The van der Waals surface area contributed by atoms with Crippen molar-refractivity contribution in [1.82, 2.24) is 9.29 Å². The Morgan fingerprint density at radius 1 is 1.08 bits per heavy atom. The van der Waals surface area contributed by atoms with Crippen molar-refractivity contribution in [3.8, 4) is 11.5 Å². The number of benzene rings is 3. The summed E-state index contributed by atoms with van der Waals surface area (Å²) in [6, 6.07) is 20.3. The van der Waals surface area contributed by atoms with Gasteiger partial charge in [0.1, 0.15) is 24.2 Å². The molecule has 1 aliphatic rings. The van der Waals surface area contributed by atoms with Crippen LogP contribution in [-0.2, 0) is 22.9 Å². The average Bonchev–Trinajstić information content (AvgIpc) is 3.36. The van der Waals surface area contributed by atoms with E-state index < -0.39 is 16.1 Å². The third kappa shape index (κ3) is 5.37. The highest BCUT2D eigenvalue weighted by atomic mass is 32.2. The van der Waals surface area contributed by atoms with Crippen LogP contribution in [0.3, 0.4) is 0 Å². The van der Waals surface area contributed by atoms with E-state index in [0.717, 1.165) is 30.6 Å². The van der Waals surface area contributed by atoms with E-state index in [1.807, 2.05) is 13.0 Å². The van der Waals surface area contributed by atoms with Crippen molar-refractivity contribution in [2.75, 3.05) is 20.3 Å². The number of hydrogen-bond acceptors (Lipinski definition) is 6. The van der Waals surface area contributed by atoms with Crippen LogP contribution in [0.2, 0.25) is 0 Å². The maximum absolute atomic E-state index is 13.2. The zero-order valence-corrected chi connectivity index (χ0v) is 21.9. The zero-order chi connectivity index (χ0) is 26.0. The molecule has 2 atom stereocenters. The summed E-state index contributed by atoms with van der Waals surface area (Å²) in [5.41, 5.74) is 4.16. The maximum atomic E-state index is 13.2. The van der Waals surface area contributed by atoms with Crippen LogP contribution in [0.4, 0.5) is 0 Å². The molecule has 0 saturated heterocycles. The summed E-state index contributed by atoms with van der Waals surface area (Å²) in [6.45, 7) is 2.42. The minimum atomic E-state index is -3.74. The normalized spacial score (nSPS) is 16.4. The Bertz CT molecular complexity index is 1490. The molecular formula is C29H32N2O5S. The molecule has 0 radical (unpaired) electrons. The SMILES string of the molecule is COc1ccc2c(c1)CC(NCC(O)COc1cccc3c1ccn3S(=O)(=O)c1ccc(C)cc1)CC2. The van der Waals surface area contributed by atoms with Gasteiger partial charge in [-0.05, 0) is 79.8 Å². The molecule has 8 heteroatoms. The van der Waals surface area contributed by atoms with Crippen molar-refractivity contribution in [2.45, 2.75) is 43.2 Å². The number of aliphatic hydroxyl groups excluding tert-OH is 1. The molecule has 5 rings (SSSR count). The Balaban J connectivity index is 1.22. The first-order chi connectivity index (χ1) is 17.8. The van der Waals surface area contributed by atoms with Gasteiger partial charge in [-0.2, -0.15) is 0 Å². The van der Waals surface area contributed by atoms with Crippen LogP contribution >= 0.6 is 0 Å². The van der Waals surface area contributed by atoms with Crippen molar-refractivity contribution in [3.63, 3.8) is 0 Å². The van der Waals surface area contributed by atoms with E-state index in [-0.39, 0.29) is 17.5 Å². The fourth-order valence-electron chi connectivity index (χ4n) is 4.86. The lowest BCUT2D eigenvalue weighted by Crippen LogP contribution is -2.40. The Hall–Kier alpha value is -3.33. The number of aromatic nitrogens is 1. The molecule has 1 heterocycles. The number of ether oxygens (including phenoxy) is 2. The summed E-state index contributed by atoms with van der Waals surface area (Å²) < 4.78 is 39.0. The second-order valence-corrected chi connectivity index (χ2v) is 11.4. The standard InChI is InChI=1S/C29H32N2O5S/c1-20-6-12-26(13-7-20)37(33,34)31-15-14-27-28(31)4-3-5-29(27)36-19-24(32)18-30-23-10-8-21-9-11-25(35-2)17-22(21)16-23/h3-7,9,11-15,17,23-24,30,32H,8,10,16,18-19H2,1-2H3. The highest BCUT2D eigenvalue weighted by molar-refractivity contribution is 7.90. The summed E-state index contributed by atoms with van der Waals surface area (Å²) in [6.07, 6.45) is 3.73. The molecule has 0 fully saturated rings. The van der Waals surface area contributed by atoms with E-state index in [1.165, 1.54) is 15.1 Å². The first-order valence-electron chi connectivity index (χ1n) is 12.5. The van der Waals surface area contributed by atoms with E-state index in [9.17, 15) is 13.5 Å². The molecule has 0 aliphatic heterocycles. The number of aliphatic hydroxyl groups is 1. The molecule has 194 valence electrons. The quantitative estimate of drug-likeness (QED) is 0.346. The number of aryl methyl sites for hydroxylation is 2. The molecule has 1 aromatic heterocycles. The monoisotopic (exact) mass is 520 g/mol. The van der Waals surface area contributed by atoms with E-state index in [0.29, 0.717) is 23.2 Å². The molecule has 1 aliphatic carbocycles. The highest BCUT2D eigenvalue weighted by Gasteiger charge is 2.22. The molecule has 7 nitrogen and oxygen atoms in total. The van der Waals surface area contributed by atoms with Gasteiger partial charge in [0.25, 0.3) is 10.0 Å². The minimum absolute atomic E-state index is 0.0964.